The van der Waals surface area contributed by atoms with Crippen molar-refractivity contribution in [2.75, 3.05) is 0 Å². The van der Waals surface area contributed by atoms with Crippen LogP contribution in [0.1, 0.15) is 18.0 Å². The lowest BCUT2D eigenvalue weighted by molar-refractivity contribution is 0.919. The van der Waals surface area contributed by atoms with Crippen LogP contribution in [0.5, 0.6) is 0 Å². The van der Waals surface area contributed by atoms with E-state index in [1.807, 2.05) is 55.5 Å². The Bertz CT molecular complexity index is 1090. The average Bonchev–Trinajstić information content (AvgIpc) is 2.61. The molecule has 0 unspecified atom stereocenters. The van der Waals surface area contributed by atoms with Crippen LogP contribution in [0, 0.1) is 0 Å². The summed E-state index contributed by atoms with van der Waals surface area (Å²) in [6.07, 6.45) is 0. The minimum atomic E-state index is -0.102. The van der Waals surface area contributed by atoms with Crippen molar-refractivity contribution in [3.8, 4) is 0 Å². The summed E-state index contributed by atoms with van der Waals surface area (Å²) < 4.78 is 0. The third-order valence-electron chi connectivity index (χ3n) is 3.89. The maximum absolute atomic E-state index is 12.2. The molecule has 24 heavy (non-hydrogen) atoms. The van der Waals surface area contributed by atoms with E-state index in [0.717, 1.165) is 21.4 Å². The molecule has 2 heterocycles. The molecule has 0 aliphatic carbocycles. The fourth-order valence-corrected chi connectivity index (χ4v) is 3.53. The van der Waals surface area contributed by atoms with Gasteiger partial charge in [-0.1, -0.05) is 48.2 Å². The van der Waals surface area contributed by atoms with Crippen LogP contribution < -0.4 is 5.56 Å². The fourth-order valence-electron chi connectivity index (χ4n) is 2.65. The average molecular weight is 333 g/mol. The maximum Gasteiger partial charge on any atom is 0.258 e. The van der Waals surface area contributed by atoms with Gasteiger partial charge in [0.1, 0.15) is 5.82 Å². The molecule has 0 saturated heterocycles. The highest BCUT2D eigenvalue weighted by Gasteiger charge is 2.13. The van der Waals surface area contributed by atoms with E-state index in [2.05, 4.69) is 21.0 Å². The van der Waals surface area contributed by atoms with Gasteiger partial charge in [-0.15, -0.1) is 0 Å². The minimum Gasteiger partial charge on any atom is -0.309 e. The molecule has 0 fully saturated rings. The summed E-state index contributed by atoms with van der Waals surface area (Å²) in [6, 6.07) is 19.5. The molecular formula is C19H15N3OS. The second-order valence-electron chi connectivity index (χ2n) is 5.57. The standard InChI is InChI=1S/C19H15N3OS/c1-12(18-21-16-9-5-3-7-14(16)19(23)22-18)24-17-11-10-13-6-2-4-8-15(13)20-17/h2-12H,1H3,(H,21,22,23)/t12-/m0/s1. The van der Waals surface area contributed by atoms with Crippen molar-refractivity contribution in [3.05, 3.63) is 76.8 Å². The van der Waals surface area contributed by atoms with Crippen molar-refractivity contribution < 1.29 is 0 Å². The highest BCUT2D eigenvalue weighted by Crippen LogP contribution is 2.32. The maximum atomic E-state index is 12.2. The van der Waals surface area contributed by atoms with Crippen LogP contribution in [-0.4, -0.2) is 15.0 Å². The van der Waals surface area contributed by atoms with Crippen LogP contribution in [0.3, 0.4) is 0 Å². The lowest BCUT2D eigenvalue weighted by Gasteiger charge is -2.11. The summed E-state index contributed by atoms with van der Waals surface area (Å²) in [5.74, 6) is 0.665. The first-order chi connectivity index (χ1) is 11.7. The van der Waals surface area contributed by atoms with Crippen LogP contribution in [0.4, 0.5) is 0 Å². The largest absolute Gasteiger partial charge is 0.309 e. The van der Waals surface area contributed by atoms with Crippen molar-refractivity contribution in [1.29, 1.82) is 0 Å². The summed E-state index contributed by atoms with van der Waals surface area (Å²) in [4.78, 5) is 24.4. The molecule has 0 amide bonds. The normalized spacial score (nSPS) is 12.5. The predicted octanol–water partition coefficient (Wildman–Crippen LogP) is 4.32. The number of aromatic nitrogens is 3. The highest BCUT2D eigenvalue weighted by molar-refractivity contribution is 7.99. The zero-order valence-electron chi connectivity index (χ0n) is 13.1. The second-order valence-corrected chi connectivity index (χ2v) is 6.93. The van der Waals surface area contributed by atoms with Crippen LogP contribution >= 0.6 is 11.8 Å². The zero-order chi connectivity index (χ0) is 16.5. The molecule has 0 radical (unpaired) electrons. The molecular weight excluding hydrogens is 318 g/mol. The monoisotopic (exact) mass is 333 g/mol. The fraction of sp³-hybridized carbons (Fsp3) is 0.105. The lowest BCUT2D eigenvalue weighted by Crippen LogP contribution is -2.12. The van der Waals surface area contributed by atoms with E-state index in [-0.39, 0.29) is 10.8 Å². The zero-order valence-corrected chi connectivity index (χ0v) is 13.9. The highest BCUT2D eigenvalue weighted by atomic mass is 32.2. The number of H-pyrrole nitrogens is 1. The van der Waals surface area contributed by atoms with Crippen molar-refractivity contribution >= 4 is 33.6 Å². The number of pyridine rings is 1. The summed E-state index contributed by atoms with van der Waals surface area (Å²) in [7, 11) is 0. The Balaban J connectivity index is 1.67. The van der Waals surface area contributed by atoms with Gasteiger partial charge in [-0.2, -0.15) is 0 Å². The van der Waals surface area contributed by atoms with Gasteiger partial charge in [0.2, 0.25) is 0 Å². The summed E-state index contributed by atoms with van der Waals surface area (Å²) in [6.45, 7) is 2.02. The van der Waals surface area contributed by atoms with Crippen molar-refractivity contribution in [2.24, 2.45) is 0 Å². The van der Waals surface area contributed by atoms with E-state index < -0.39 is 0 Å². The molecule has 0 bridgehead atoms. The molecule has 0 saturated carbocycles. The third-order valence-corrected chi connectivity index (χ3v) is 4.93. The van der Waals surface area contributed by atoms with Gasteiger partial charge in [-0.05, 0) is 31.2 Å². The van der Waals surface area contributed by atoms with E-state index in [1.54, 1.807) is 17.8 Å². The van der Waals surface area contributed by atoms with E-state index in [4.69, 9.17) is 0 Å². The second kappa shape index (κ2) is 6.09. The summed E-state index contributed by atoms with van der Waals surface area (Å²) in [5, 5.41) is 2.64. The first-order valence-electron chi connectivity index (χ1n) is 7.72. The number of thioether (sulfide) groups is 1. The lowest BCUT2D eigenvalue weighted by atomic mass is 10.2. The summed E-state index contributed by atoms with van der Waals surface area (Å²) in [5.41, 5.74) is 1.58. The Kier molecular flexibility index (Phi) is 3.78. The van der Waals surface area contributed by atoms with Gasteiger partial charge in [0.15, 0.2) is 0 Å². The van der Waals surface area contributed by atoms with Crippen LogP contribution in [0.15, 0.2) is 70.5 Å². The number of benzene rings is 2. The number of aromatic amines is 1. The van der Waals surface area contributed by atoms with Crippen molar-refractivity contribution in [3.63, 3.8) is 0 Å². The van der Waals surface area contributed by atoms with Crippen molar-refractivity contribution in [1.82, 2.24) is 15.0 Å². The summed E-state index contributed by atoms with van der Waals surface area (Å²) >= 11 is 1.59. The van der Waals surface area contributed by atoms with Gasteiger partial charge >= 0.3 is 0 Å². The first-order valence-corrected chi connectivity index (χ1v) is 8.60. The number of para-hydroxylation sites is 2. The predicted molar refractivity (Wildman–Crippen MR) is 98.4 cm³/mol. The molecule has 0 spiro atoms. The topological polar surface area (TPSA) is 58.6 Å². The molecule has 4 rings (SSSR count). The van der Waals surface area contributed by atoms with E-state index in [9.17, 15) is 4.79 Å². The molecule has 4 aromatic rings. The third kappa shape index (κ3) is 2.78. The number of fused-ring (bicyclic) bond motifs is 2. The number of hydrogen-bond donors (Lipinski definition) is 1. The smallest absolute Gasteiger partial charge is 0.258 e. The van der Waals surface area contributed by atoms with Crippen LogP contribution in [-0.2, 0) is 0 Å². The van der Waals surface area contributed by atoms with Gasteiger partial charge in [0, 0.05) is 5.39 Å². The number of nitrogens with one attached hydrogen (secondary N) is 1. The van der Waals surface area contributed by atoms with Gasteiger partial charge in [0.05, 0.1) is 26.7 Å². The van der Waals surface area contributed by atoms with Gasteiger partial charge in [-0.3, -0.25) is 4.79 Å². The van der Waals surface area contributed by atoms with Gasteiger partial charge in [0.25, 0.3) is 5.56 Å². The molecule has 118 valence electrons. The molecule has 4 nitrogen and oxygen atoms in total. The minimum absolute atomic E-state index is 0.00373. The quantitative estimate of drug-likeness (QED) is 0.567. The Labute approximate surface area is 143 Å². The van der Waals surface area contributed by atoms with Crippen LogP contribution in [0.25, 0.3) is 21.8 Å². The van der Waals surface area contributed by atoms with E-state index in [0.29, 0.717) is 11.2 Å². The molecule has 5 heteroatoms. The van der Waals surface area contributed by atoms with Crippen LogP contribution in [0.2, 0.25) is 0 Å². The molecule has 1 atom stereocenters. The Morgan fingerprint density at radius 2 is 1.67 bits per heavy atom. The van der Waals surface area contributed by atoms with Gasteiger partial charge in [-0.25, -0.2) is 9.97 Å². The molecule has 2 aromatic carbocycles. The first kappa shape index (κ1) is 14.9. The van der Waals surface area contributed by atoms with E-state index >= 15 is 0 Å². The molecule has 0 aliphatic rings. The Hall–Kier alpha value is -2.66. The molecule has 2 aromatic heterocycles. The Morgan fingerprint density at radius 1 is 0.917 bits per heavy atom. The van der Waals surface area contributed by atoms with Crippen molar-refractivity contribution in [2.45, 2.75) is 17.2 Å². The number of rotatable bonds is 3. The number of nitrogens with zero attached hydrogens (tertiary/aromatic N) is 2. The van der Waals surface area contributed by atoms with Gasteiger partial charge < -0.3 is 4.98 Å². The molecule has 0 aliphatic heterocycles. The van der Waals surface area contributed by atoms with E-state index in [1.165, 1.54) is 0 Å². The SMILES string of the molecule is C[C@H](Sc1ccc2ccccc2n1)c1nc2ccccc2c(=O)[nH]1. The Morgan fingerprint density at radius 3 is 2.54 bits per heavy atom. The number of hydrogen-bond acceptors (Lipinski definition) is 4. The molecule has 1 N–H and O–H groups in total.